The van der Waals surface area contributed by atoms with E-state index in [4.69, 9.17) is 10.5 Å². The first-order chi connectivity index (χ1) is 22.4. The Morgan fingerprint density at radius 2 is 1.17 bits per heavy atom. The van der Waals surface area contributed by atoms with Crippen molar-refractivity contribution in [3.8, 4) is 39.8 Å². The lowest BCUT2D eigenvalue weighted by atomic mass is 9.73. The first-order valence-corrected chi connectivity index (χ1v) is 15.8. The molecule has 222 valence electrons. The van der Waals surface area contributed by atoms with Gasteiger partial charge in [0.1, 0.15) is 17.6 Å². The van der Waals surface area contributed by atoms with Gasteiger partial charge in [-0.3, -0.25) is 0 Å². The van der Waals surface area contributed by atoms with Gasteiger partial charge in [-0.2, -0.15) is 5.26 Å². The van der Waals surface area contributed by atoms with Crippen LogP contribution in [0.25, 0.3) is 22.3 Å². The number of nitrogens with zero attached hydrogens (tertiary/aromatic N) is 2. The molecule has 4 heteroatoms. The molecule has 6 aromatic rings. The van der Waals surface area contributed by atoms with E-state index in [-0.39, 0.29) is 5.41 Å². The smallest absolute Gasteiger partial charge is 0.135 e. The third-order valence-electron chi connectivity index (χ3n) is 9.62. The Bertz CT molecular complexity index is 2160. The van der Waals surface area contributed by atoms with Crippen molar-refractivity contribution in [3.05, 3.63) is 155 Å². The van der Waals surface area contributed by atoms with Gasteiger partial charge in [-0.25, -0.2) is 0 Å². The highest BCUT2D eigenvalue weighted by atomic mass is 16.5. The van der Waals surface area contributed by atoms with Crippen LogP contribution in [0, 0.1) is 11.3 Å². The Morgan fingerprint density at radius 1 is 0.630 bits per heavy atom. The van der Waals surface area contributed by atoms with E-state index in [0.717, 1.165) is 57.8 Å². The molecular formula is C42H33N3O. The Balaban J connectivity index is 1.35. The Kier molecular flexibility index (Phi) is 6.44. The molecular weight excluding hydrogens is 562 g/mol. The van der Waals surface area contributed by atoms with Gasteiger partial charge in [-0.05, 0) is 94.8 Å². The normalized spacial score (nSPS) is 14.1. The quantitative estimate of drug-likeness (QED) is 0.192. The Labute approximate surface area is 270 Å². The van der Waals surface area contributed by atoms with Crippen molar-refractivity contribution in [2.24, 2.45) is 0 Å². The van der Waals surface area contributed by atoms with E-state index in [1.807, 2.05) is 42.5 Å². The average Bonchev–Trinajstić information content (AvgIpc) is 3.10. The highest BCUT2D eigenvalue weighted by molar-refractivity contribution is 5.89. The molecule has 0 aliphatic carbocycles. The number of nitriles is 1. The third kappa shape index (κ3) is 4.36. The summed E-state index contributed by atoms with van der Waals surface area (Å²) in [5, 5.41) is 9.83. The second-order valence-corrected chi connectivity index (χ2v) is 12.6. The van der Waals surface area contributed by atoms with E-state index < -0.39 is 0 Å². The molecule has 2 heterocycles. The Morgan fingerprint density at radius 3 is 1.80 bits per heavy atom. The maximum atomic E-state index is 9.83. The molecule has 0 fully saturated rings. The first-order valence-electron chi connectivity index (χ1n) is 15.8. The number of para-hydroxylation sites is 4. The van der Waals surface area contributed by atoms with Crippen molar-refractivity contribution >= 4 is 22.7 Å². The van der Waals surface area contributed by atoms with E-state index in [9.17, 15) is 5.26 Å². The van der Waals surface area contributed by atoms with E-state index >= 15 is 0 Å². The highest BCUT2D eigenvalue weighted by Crippen LogP contribution is 2.52. The van der Waals surface area contributed by atoms with Gasteiger partial charge >= 0.3 is 0 Å². The molecule has 4 nitrogen and oxygen atoms in total. The number of rotatable bonds is 1. The minimum absolute atomic E-state index is 0.130. The molecule has 0 amide bonds. The minimum atomic E-state index is -0.130. The van der Waals surface area contributed by atoms with Gasteiger partial charge in [0.2, 0.25) is 0 Å². The van der Waals surface area contributed by atoms with E-state index in [2.05, 4.69) is 110 Å². The van der Waals surface area contributed by atoms with Gasteiger partial charge < -0.3 is 15.4 Å². The number of hydrogen-bond acceptors (Lipinski definition) is 4. The molecule has 8 rings (SSSR count). The lowest BCUT2D eigenvalue weighted by Crippen LogP contribution is -2.30. The van der Waals surface area contributed by atoms with Crippen molar-refractivity contribution in [3.63, 3.8) is 0 Å². The summed E-state index contributed by atoms with van der Waals surface area (Å²) in [7, 11) is 0. The van der Waals surface area contributed by atoms with Crippen LogP contribution in [0.1, 0.15) is 41.7 Å². The predicted molar refractivity (Wildman–Crippen MR) is 187 cm³/mol. The second kappa shape index (κ2) is 10.7. The number of aryl methyl sites for hydroxylation is 2. The number of fused-ring (bicyclic) bond motifs is 8. The van der Waals surface area contributed by atoms with E-state index in [1.54, 1.807) is 0 Å². The summed E-state index contributed by atoms with van der Waals surface area (Å²) in [5.74, 6) is 1.54. The van der Waals surface area contributed by atoms with Crippen molar-refractivity contribution in [2.45, 2.75) is 32.1 Å². The number of nitrogens with two attached hydrogens (primary N) is 1. The molecule has 2 N–H and O–H groups in total. The topological polar surface area (TPSA) is 62.3 Å². The van der Waals surface area contributed by atoms with Crippen molar-refractivity contribution in [1.29, 1.82) is 5.26 Å². The summed E-state index contributed by atoms with van der Waals surface area (Å²) >= 11 is 0. The Hall–Kier alpha value is -5.79. The molecule has 46 heavy (non-hydrogen) atoms. The number of nitrogen functional groups attached to an aromatic ring is 1. The lowest BCUT2D eigenvalue weighted by Gasteiger charge is -2.42. The zero-order valence-corrected chi connectivity index (χ0v) is 25.9. The molecule has 0 aromatic heterocycles. The van der Waals surface area contributed by atoms with Crippen LogP contribution < -0.4 is 15.4 Å². The fourth-order valence-electron chi connectivity index (χ4n) is 7.28. The van der Waals surface area contributed by atoms with Gasteiger partial charge in [-0.1, -0.05) is 92.7 Å². The van der Waals surface area contributed by atoms with E-state index in [1.165, 1.54) is 28.1 Å². The maximum Gasteiger partial charge on any atom is 0.135 e. The summed E-state index contributed by atoms with van der Waals surface area (Å²) in [5.41, 5.74) is 19.7. The van der Waals surface area contributed by atoms with Gasteiger partial charge in [-0.15, -0.1) is 0 Å². The standard InChI is InChI=1S/C42H33N3O/c1-42(2)35-13-5-7-15-38(35)45(39-16-8-6-14-36(39)42)30-22-21-27-19-20-28-23-29(26-43)37(44)25-34(28)32-12-4-10-18-41(32)46-40-17-9-3-11-31(40)33(27)24-30/h3-18,21-25H,19-20,44H2,1-2H3. The van der Waals surface area contributed by atoms with Gasteiger partial charge in [0.25, 0.3) is 0 Å². The van der Waals surface area contributed by atoms with Crippen LogP contribution in [0.15, 0.2) is 127 Å². The second-order valence-electron chi connectivity index (χ2n) is 12.6. The molecule has 2 aliphatic rings. The van der Waals surface area contributed by atoms with Crippen molar-refractivity contribution < 1.29 is 4.74 Å². The van der Waals surface area contributed by atoms with E-state index in [0.29, 0.717) is 11.3 Å². The predicted octanol–water partition coefficient (Wildman–Crippen LogP) is 10.5. The van der Waals surface area contributed by atoms with Crippen LogP contribution in [0.3, 0.4) is 0 Å². The SMILES string of the molecule is CC1(C)c2ccccc2N(c2ccc3c(c2)-c2ccccc2Oc2ccccc2-c2cc(N)c(C#N)cc2CC3)c2ccccc21. The van der Waals surface area contributed by atoms with Crippen LogP contribution in [0.4, 0.5) is 22.7 Å². The molecule has 0 bridgehead atoms. The summed E-state index contributed by atoms with van der Waals surface area (Å²) in [6.07, 6.45) is 1.53. The van der Waals surface area contributed by atoms with Crippen LogP contribution >= 0.6 is 0 Å². The van der Waals surface area contributed by atoms with Crippen LogP contribution in [-0.4, -0.2) is 0 Å². The average molecular weight is 596 g/mol. The molecule has 6 aromatic carbocycles. The highest BCUT2D eigenvalue weighted by Gasteiger charge is 2.36. The summed E-state index contributed by atoms with van der Waals surface area (Å²) in [4.78, 5) is 2.40. The van der Waals surface area contributed by atoms with Crippen molar-refractivity contribution in [1.82, 2.24) is 0 Å². The van der Waals surface area contributed by atoms with Crippen LogP contribution in [-0.2, 0) is 18.3 Å². The first kappa shape index (κ1) is 27.7. The monoisotopic (exact) mass is 595 g/mol. The summed E-state index contributed by atoms with van der Waals surface area (Å²) in [6, 6.07) is 46.8. The maximum absolute atomic E-state index is 9.83. The largest absolute Gasteiger partial charge is 0.456 e. The van der Waals surface area contributed by atoms with Crippen LogP contribution in [0.2, 0.25) is 0 Å². The van der Waals surface area contributed by atoms with Gasteiger partial charge in [0.15, 0.2) is 0 Å². The number of hydrogen-bond donors (Lipinski definition) is 1. The van der Waals surface area contributed by atoms with Crippen molar-refractivity contribution in [2.75, 3.05) is 10.6 Å². The summed E-state index contributed by atoms with van der Waals surface area (Å²) < 4.78 is 6.79. The molecule has 0 unspecified atom stereocenters. The molecule has 0 atom stereocenters. The number of anilines is 4. The van der Waals surface area contributed by atoms with Gasteiger partial charge in [0.05, 0.1) is 22.6 Å². The number of benzene rings is 6. The zero-order valence-electron chi connectivity index (χ0n) is 25.9. The molecule has 0 radical (unpaired) electrons. The molecule has 2 aliphatic heterocycles. The molecule has 0 spiro atoms. The number of ether oxygens (including phenoxy) is 1. The fourth-order valence-corrected chi connectivity index (χ4v) is 7.28. The fraction of sp³-hybridized carbons (Fsp3) is 0.119. The third-order valence-corrected chi connectivity index (χ3v) is 9.62. The van der Waals surface area contributed by atoms with Crippen LogP contribution in [0.5, 0.6) is 11.5 Å². The minimum Gasteiger partial charge on any atom is -0.456 e. The van der Waals surface area contributed by atoms with Gasteiger partial charge in [0, 0.05) is 22.2 Å². The molecule has 0 saturated carbocycles. The molecule has 0 saturated heterocycles. The lowest BCUT2D eigenvalue weighted by molar-refractivity contribution is 0.486. The zero-order chi connectivity index (χ0) is 31.4. The summed E-state index contributed by atoms with van der Waals surface area (Å²) in [6.45, 7) is 4.62.